The molecule has 2 rings (SSSR count). The summed E-state index contributed by atoms with van der Waals surface area (Å²) in [6.45, 7) is 3.19. The van der Waals surface area contributed by atoms with Gasteiger partial charge in [0, 0.05) is 19.0 Å². The van der Waals surface area contributed by atoms with Crippen molar-refractivity contribution in [3.8, 4) is 0 Å². The van der Waals surface area contributed by atoms with E-state index in [1.165, 1.54) is 11.3 Å². The third-order valence-electron chi connectivity index (χ3n) is 2.42. The first-order valence-electron chi connectivity index (χ1n) is 5.79. The standard InChI is InChI=1S/C12H14BrN3O2S/c1-3-14-12-15-9(7-19-12)11(17)16(2)6-8-4-5-10(13)18-8/h4-5,7H,3,6H2,1-2H3,(H,14,15). The molecule has 0 aromatic carbocycles. The van der Waals surface area contributed by atoms with Crippen LogP contribution < -0.4 is 5.32 Å². The van der Waals surface area contributed by atoms with Crippen LogP contribution in [-0.4, -0.2) is 29.4 Å². The van der Waals surface area contributed by atoms with Crippen molar-refractivity contribution in [1.29, 1.82) is 0 Å². The van der Waals surface area contributed by atoms with E-state index in [1.54, 1.807) is 23.4 Å². The highest BCUT2D eigenvalue weighted by molar-refractivity contribution is 9.10. The van der Waals surface area contributed by atoms with Crippen LogP contribution in [0.3, 0.4) is 0 Å². The summed E-state index contributed by atoms with van der Waals surface area (Å²) in [5.74, 6) is 0.609. The number of anilines is 1. The van der Waals surface area contributed by atoms with Crippen LogP contribution in [0.25, 0.3) is 0 Å². The molecule has 0 fully saturated rings. The van der Waals surface area contributed by atoms with Crippen LogP contribution in [0, 0.1) is 0 Å². The quantitative estimate of drug-likeness (QED) is 0.905. The van der Waals surface area contributed by atoms with E-state index in [0.717, 1.165) is 17.4 Å². The molecule has 7 heteroatoms. The summed E-state index contributed by atoms with van der Waals surface area (Å²) >= 11 is 4.67. The average Bonchev–Trinajstić information content (AvgIpc) is 2.98. The highest BCUT2D eigenvalue weighted by Crippen LogP contribution is 2.18. The van der Waals surface area contributed by atoms with Gasteiger partial charge in [0.2, 0.25) is 0 Å². The van der Waals surface area contributed by atoms with Gasteiger partial charge in [0.25, 0.3) is 5.91 Å². The SMILES string of the molecule is CCNc1nc(C(=O)N(C)Cc2ccc(Br)o2)cs1. The molecule has 2 heterocycles. The van der Waals surface area contributed by atoms with Crippen LogP contribution in [0.15, 0.2) is 26.6 Å². The topological polar surface area (TPSA) is 58.4 Å². The molecule has 0 aliphatic heterocycles. The Balaban J connectivity index is 2.01. The van der Waals surface area contributed by atoms with E-state index in [4.69, 9.17) is 4.42 Å². The van der Waals surface area contributed by atoms with Crippen molar-refractivity contribution in [3.63, 3.8) is 0 Å². The molecule has 0 radical (unpaired) electrons. The summed E-state index contributed by atoms with van der Waals surface area (Å²) in [5.41, 5.74) is 0.453. The predicted molar refractivity (Wildman–Crippen MR) is 78.5 cm³/mol. The van der Waals surface area contributed by atoms with Crippen molar-refractivity contribution < 1.29 is 9.21 Å². The number of halogens is 1. The number of hydrogen-bond acceptors (Lipinski definition) is 5. The predicted octanol–water partition coefficient (Wildman–Crippen LogP) is 3.20. The fraction of sp³-hybridized carbons (Fsp3) is 0.333. The second-order valence-electron chi connectivity index (χ2n) is 3.94. The van der Waals surface area contributed by atoms with E-state index in [2.05, 4.69) is 26.2 Å². The van der Waals surface area contributed by atoms with E-state index in [9.17, 15) is 4.79 Å². The van der Waals surface area contributed by atoms with Crippen molar-refractivity contribution in [2.75, 3.05) is 18.9 Å². The minimum absolute atomic E-state index is 0.118. The van der Waals surface area contributed by atoms with Crippen molar-refractivity contribution in [3.05, 3.63) is 33.6 Å². The lowest BCUT2D eigenvalue weighted by atomic mass is 10.3. The minimum atomic E-state index is -0.118. The first-order chi connectivity index (χ1) is 9.10. The number of carbonyl (C=O) groups is 1. The van der Waals surface area contributed by atoms with Gasteiger partial charge >= 0.3 is 0 Å². The molecule has 102 valence electrons. The lowest BCUT2D eigenvalue weighted by Crippen LogP contribution is -2.26. The Kier molecular flexibility index (Phi) is 4.60. The van der Waals surface area contributed by atoms with E-state index in [1.807, 2.05) is 13.0 Å². The van der Waals surface area contributed by atoms with Gasteiger partial charge in [-0.1, -0.05) is 0 Å². The van der Waals surface area contributed by atoms with E-state index < -0.39 is 0 Å². The van der Waals surface area contributed by atoms with E-state index in [-0.39, 0.29) is 5.91 Å². The second kappa shape index (κ2) is 6.21. The molecule has 0 aliphatic carbocycles. The fourth-order valence-corrected chi connectivity index (χ4v) is 2.64. The Hall–Kier alpha value is -1.34. The van der Waals surface area contributed by atoms with Crippen molar-refractivity contribution in [2.24, 2.45) is 0 Å². The third-order valence-corrected chi connectivity index (χ3v) is 3.65. The molecule has 5 nitrogen and oxygen atoms in total. The monoisotopic (exact) mass is 343 g/mol. The zero-order valence-electron chi connectivity index (χ0n) is 10.6. The third kappa shape index (κ3) is 3.57. The summed E-state index contributed by atoms with van der Waals surface area (Å²) < 4.78 is 6.04. The second-order valence-corrected chi connectivity index (χ2v) is 5.57. The van der Waals surface area contributed by atoms with Gasteiger partial charge in [-0.3, -0.25) is 4.79 Å². The van der Waals surface area contributed by atoms with Crippen LogP contribution in [0.2, 0.25) is 0 Å². The van der Waals surface area contributed by atoms with Crippen LogP contribution in [0.1, 0.15) is 23.2 Å². The molecule has 1 N–H and O–H groups in total. The van der Waals surface area contributed by atoms with Crippen molar-refractivity contribution >= 4 is 38.3 Å². The molecule has 0 saturated heterocycles. The molecule has 0 saturated carbocycles. The Morgan fingerprint density at radius 3 is 3.00 bits per heavy atom. The largest absolute Gasteiger partial charge is 0.452 e. The van der Waals surface area contributed by atoms with Gasteiger partial charge in [-0.2, -0.15) is 0 Å². The van der Waals surface area contributed by atoms with Crippen LogP contribution in [0.5, 0.6) is 0 Å². The Labute approximate surface area is 123 Å². The Bertz CT molecular complexity index is 567. The molecule has 1 amide bonds. The van der Waals surface area contributed by atoms with Gasteiger partial charge in [-0.15, -0.1) is 11.3 Å². The fourth-order valence-electron chi connectivity index (χ4n) is 1.54. The molecular weight excluding hydrogens is 330 g/mol. The summed E-state index contributed by atoms with van der Waals surface area (Å²) in [6, 6.07) is 3.64. The maximum atomic E-state index is 12.2. The molecule has 0 unspecified atom stereocenters. The summed E-state index contributed by atoms with van der Waals surface area (Å²) in [5, 5.41) is 5.61. The number of nitrogens with one attached hydrogen (secondary N) is 1. The van der Waals surface area contributed by atoms with Gasteiger partial charge in [0.15, 0.2) is 9.80 Å². The highest BCUT2D eigenvalue weighted by Gasteiger charge is 2.16. The molecule has 0 aliphatic rings. The lowest BCUT2D eigenvalue weighted by molar-refractivity contribution is 0.0770. The number of hydrogen-bond donors (Lipinski definition) is 1. The Morgan fingerprint density at radius 1 is 1.58 bits per heavy atom. The van der Waals surface area contributed by atoms with Gasteiger partial charge in [0.1, 0.15) is 11.5 Å². The average molecular weight is 344 g/mol. The van der Waals surface area contributed by atoms with Gasteiger partial charge in [0.05, 0.1) is 6.54 Å². The van der Waals surface area contributed by atoms with Gasteiger partial charge in [-0.25, -0.2) is 4.98 Å². The molecule has 2 aromatic heterocycles. The number of thiazole rings is 1. The number of nitrogens with zero attached hydrogens (tertiary/aromatic N) is 2. The van der Waals surface area contributed by atoms with Crippen LogP contribution >= 0.6 is 27.3 Å². The normalized spacial score (nSPS) is 10.5. The molecule has 0 spiro atoms. The van der Waals surface area contributed by atoms with Crippen molar-refractivity contribution in [1.82, 2.24) is 9.88 Å². The molecule has 19 heavy (non-hydrogen) atoms. The lowest BCUT2D eigenvalue weighted by Gasteiger charge is -2.13. The summed E-state index contributed by atoms with van der Waals surface area (Å²) in [6.07, 6.45) is 0. The first-order valence-corrected chi connectivity index (χ1v) is 7.46. The molecule has 2 aromatic rings. The number of aromatic nitrogens is 1. The molecule has 0 atom stereocenters. The number of rotatable bonds is 5. The minimum Gasteiger partial charge on any atom is -0.452 e. The maximum absolute atomic E-state index is 12.2. The zero-order chi connectivity index (χ0) is 13.8. The Morgan fingerprint density at radius 2 is 2.37 bits per heavy atom. The van der Waals surface area contributed by atoms with E-state index in [0.29, 0.717) is 16.9 Å². The highest BCUT2D eigenvalue weighted by atomic mass is 79.9. The summed E-state index contributed by atoms with van der Waals surface area (Å²) in [4.78, 5) is 18.0. The summed E-state index contributed by atoms with van der Waals surface area (Å²) in [7, 11) is 1.73. The molecular formula is C12H14BrN3O2S. The smallest absolute Gasteiger partial charge is 0.273 e. The van der Waals surface area contributed by atoms with Gasteiger partial charge in [-0.05, 0) is 35.0 Å². The van der Waals surface area contributed by atoms with Gasteiger partial charge < -0.3 is 14.6 Å². The van der Waals surface area contributed by atoms with E-state index >= 15 is 0 Å². The number of carbonyl (C=O) groups excluding carboxylic acids is 1. The number of furan rings is 1. The zero-order valence-corrected chi connectivity index (χ0v) is 13.0. The first kappa shape index (κ1) is 14.1. The van der Waals surface area contributed by atoms with Crippen molar-refractivity contribution in [2.45, 2.75) is 13.5 Å². The number of amides is 1. The molecule has 0 bridgehead atoms. The van der Waals surface area contributed by atoms with Crippen LogP contribution in [0.4, 0.5) is 5.13 Å². The van der Waals surface area contributed by atoms with Crippen LogP contribution in [-0.2, 0) is 6.54 Å². The maximum Gasteiger partial charge on any atom is 0.273 e.